The van der Waals surface area contributed by atoms with Crippen molar-refractivity contribution in [2.75, 3.05) is 32.7 Å². The monoisotopic (exact) mass is 347 g/mol. The Morgan fingerprint density at radius 2 is 2.00 bits per heavy atom. The maximum absolute atomic E-state index is 12.8. The van der Waals surface area contributed by atoms with Gasteiger partial charge in [0, 0.05) is 24.3 Å². The number of carbonyl (C=O) groups is 1. The molecule has 1 aromatic rings. The highest BCUT2D eigenvalue weighted by Crippen LogP contribution is 2.34. The first-order chi connectivity index (χ1) is 12.1. The van der Waals surface area contributed by atoms with E-state index in [9.17, 15) is 4.79 Å². The predicted octanol–water partition coefficient (Wildman–Crippen LogP) is 3.00. The van der Waals surface area contributed by atoms with Crippen molar-refractivity contribution >= 4 is 6.03 Å². The molecule has 3 rings (SSSR count). The van der Waals surface area contributed by atoms with Gasteiger partial charge in [-0.25, -0.2) is 4.79 Å². The number of aromatic amines is 1. The summed E-state index contributed by atoms with van der Waals surface area (Å²) in [6, 6.07) is 0.267. The molecule has 2 saturated heterocycles. The Kier molecular flexibility index (Phi) is 5.99. The normalized spacial score (nSPS) is 22.5. The summed E-state index contributed by atoms with van der Waals surface area (Å²) in [4.78, 5) is 17.3. The first kappa shape index (κ1) is 18.2. The quantitative estimate of drug-likeness (QED) is 0.860. The number of H-pyrrole nitrogens is 1. The van der Waals surface area contributed by atoms with Crippen molar-refractivity contribution < 1.29 is 4.79 Å². The minimum atomic E-state index is 0.0958. The number of rotatable bonds is 5. The Morgan fingerprint density at radius 3 is 2.64 bits per heavy atom. The van der Waals surface area contributed by atoms with E-state index in [-0.39, 0.29) is 12.1 Å². The fraction of sp³-hybridized carbons (Fsp3) is 0.789. The van der Waals surface area contributed by atoms with Crippen LogP contribution in [-0.4, -0.2) is 58.8 Å². The minimum absolute atomic E-state index is 0.0958. The number of nitrogens with zero attached hydrogens (tertiary/aromatic N) is 3. The summed E-state index contributed by atoms with van der Waals surface area (Å²) in [6.07, 6.45) is 5.72. The number of aryl methyl sites for hydroxylation is 2. The highest BCUT2D eigenvalue weighted by atomic mass is 16.2. The Morgan fingerprint density at radius 1 is 1.24 bits per heavy atom. The molecule has 0 aromatic carbocycles. The van der Waals surface area contributed by atoms with E-state index in [0.29, 0.717) is 5.92 Å². The Balaban J connectivity index is 1.51. The van der Waals surface area contributed by atoms with E-state index in [2.05, 4.69) is 27.3 Å². The van der Waals surface area contributed by atoms with Crippen molar-refractivity contribution in [3.05, 3.63) is 17.0 Å². The predicted molar refractivity (Wildman–Crippen MR) is 99.6 cm³/mol. The van der Waals surface area contributed by atoms with E-state index in [1.165, 1.54) is 44.5 Å². The lowest BCUT2D eigenvalue weighted by Gasteiger charge is -2.32. The van der Waals surface area contributed by atoms with E-state index >= 15 is 0 Å². The van der Waals surface area contributed by atoms with Crippen LogP contribution in [0.25, 0.3) is 0 Å². The van der Waals surface area contributed by atoms with Gasteiger partial charge in [-0.15, -0.1) is 0 Å². The van der Waals surface area contributed by atoms with E-state index in [1.54, 1.807) is 0 Å². The lowest BCUT2D eigenvalue weighted by molar-refractivity contribution is 0.171. The second kappa shape index (κ2) is 8.21. The maximum Gasteiger partial charge on any atom is 0.317 e. The Bertz CT molecular complexity index is 557. The fourth-order valence-corrected chi connectivity index (χ4v) is 4.42. The van der Waals surface area contributed by atoms with Gasteiger partial charge in [0.2, 0.25) is 0 Å². The lowest BCUT2D eigenvalue weighted by atomic mass is 9.97. The average molecular weight is 348 g/mol. The molecular weight excluding hydrogens is 314 g/mol. The minimum Gasteiger partial charge on any atom is -0.338 e. The second-order valence-corrected chi connectivity index (χ2v) is 7.67. The highest BCUT2D eigenvalue weighted by molar-refractivity contribution is 5.75. The zero-order chi connectivity index (χ0) is 17.8. The standard InChI is InChI=1S/C19H33N5O/c1-4-9-23-11-7-16(8-12-23)13-20-19(25)24-10-5-6-17(24)18-14(2)21-22-15(18)3/h16-17H,4-13H2,1-3H3,(H,20,25)(H,21,22)/t17-/m0/s1. The Hall–Kier alpha value is -1.56. The molecule has 6 nitrogen and oxygen atoms in total. The van der Waals surface area contributed by atoms with E-state index in [0.717, 1.165) is 37.3 Å². The molecule has 140 valence electrons. The van der Waals surface area contributed by atoms with Crippen LogP contribution in [-0.2, 0) is 0 Å². The average Bonchev–Trinajstić information content (AvgIpc) is 3.20. The molecule has 1 aromatic heterocycles. The number of urea groups is 1. The number of aromatic nitrogens is 2. The van der Waals surface area contributed by atoms with Crippen molar-refractivity contribution in [3.8, 4) is 0 Å². The molecular formula is C19H33N5O. The van der Waals surface area contributed by atoms with Gasteiger partial charge in [-0.05, 0) is 71.5 Å². The van der Waals surface area contributed by atoms with Crippen LogP contribution in [0, 0.1) is 19.8 Å². The third-order valence-corrected chi connectivity index (χ3v) is 5.82. The molecule has 0 unspecified atom stereocenters. The smallest absolute Gasteiger partial charge is 0.317 e. The number of piperidine rings is 1. The van der Waals surface area contributed by atoms with Gasteiger partial charge < -0.3 is 15.1 Å². The molecule has 0 aliphatic carbocycles. The molecule has 0 radical (unpaired) electrons. The first-order valence-electron chi connectivity index (χ1n) is 9.88. The van der Waals surface area contributed by atoms with Crippen LogP contribution in [0.4, 0.5) is 4.79 Å². The summed E-state index contributed by atoms with van der Waals surface area (Å²) in [5.74, 6) is 0.621. The van der Waals surface area contributed by atoms with Crippen molar-refractivity contribution in [2.45, 2.75) is 58.9 Å². The van der Waals surface area contributed by atoms with Gasteiger partial charge in [-0.3, -0.25) is 5.10 Å². The topological polar surface area (TPSA) is 64.3 Å². The van der Waals surface area contributed by atoms with Gasteiger partial charge >= 0.3 is 6.03 Å². The van der Waals surface area contributed by atoms with E-state index < -0.39 is 0 Å². The molecule has 0 bridgehead atoms. The molecule has 3 heterocycles. The van der Waals surface area contributed by atoms with Gasteiger partial charge in [0.1, 0.15) is 0 Å². The molecule has 25 heavy (non-hydrogen) atoms. The van der Waals surface area contributed by atoms with Gasteiger partial charge in [0.25, 0.3) is 0 Å². The van der Waals surface area contributed by atoms with Gasteiger partial charge in [-0.1, -0.05) is 6.92 Å². The molecule has 2 N–H and O–H groups in total. The summed E-state index contributed by atoms with van der Waals surface area (Å²) in [7, 11) is 0. The molecule has 1 atom stereocenters. The second-order valence-electron chi connectivity index (χ2n) is 7.67. The largest absolute Gasteiger partial charge is 0.338 e. The van der Waals surface area contributed by atoms with Crippen molar-refractivity contribution in [2.24, 2.45) is 5.92 Å². The third kappa shape index (κ3) is 4.17. The molecule has 2 aliphatic rings. The summed E-state index contributed by atoms with van der Waals surface area (Å²) in [5.41, 5.74) is 3.32. The van der Waals surface area contributed by atoms with Crippen LogP contribution in [0.3, 0.4) is 0 Å². The number of hydrogen-bond acceptors (Lipinski definition) is 3. The zero-order valence-electron chi connectivity index (χ0n) is 16.0. The van der Waals surface area contributed by atoms with Crippen LogP contribution >= 0.6 is 0 Å². The van der Waals surface area contributed by atoms with Crippen molar-refractivity contribution in [1.29, 1.82) is 0 Å². The number of amides is 2. The molecule has 0 spiro atoms. The van der Waals surface area contributed by atoms with Gasteiger partial charge in [-0.2, -0.15) is 5.10 Å². The van der Waals surface area contributed by atoms with Crippen LogP contribution in [0.2, 0.25) is 0 Å². The molecule has 2 fully saturated rings. The SMILES string of the molecule is CCCN1CCC(CNC(=O)N2CCC[C@H]2c2c(C)n[nH]c2C)CC1. The number of carbonyl (C=O) groups excluding carboxylic acids is 1. The first-order valence-corrected chi connectivity index (χ1v) is 9.88. The van der Waals surface area contributed by atoms with Crippen LogP contribution < -0.4 is 5.32 Å². The molecule has 6 heteroatoms. The number of nitrogens with one attached hydrogen (secondary N) is 2. The maximum atomic E-state index is 12.8. The summed E-state index contributed by atoms with van der Waals surface area (Å²) >= 11 is 0. The third-order valence-electron chi connectivity index (χ3n) is 5.82. The number of hydrogen-bond donors (Lipinski definition) is 2. The Labute approximate surface area is 151 Å². The lowest BCUT2D eigenvalue weighted by Crippen LogP contribution is -2.44. The van der Waals surface area contributed by atoms with Crippen LogP contribution in [0.1, 0.15) is 62.0 Å². The van der Waals surface area contributed by atoms with Crippen molar-refractivity contribution in [3.63, 3.8) is 0 Å². The summed E-state index contributed by atoms with van der Waals surface area (Å²) < 4.78 is 0. The van der Waals surface area contributed by atoms with E-state index in [1.807, 2.05) is 18.7 Å². The molecule has 2 amide bonds. The van der Waals surface area contributed by atoms with Crippen molar-refractivity contribution in [1.82, 2.24) is 25.3 Å². The molecule has 0 saturated carbocycles. The fourth-order valence-electron chi connectivity index (χ4n) is 4.42. The zero-order valence-corrected chi connectivity index (χ0v) is 16.0. The number of likely N-dealkylation sites (tertiary alicyclic amines) is 2. The van der Waals surface area contributed by atoms with Crippen LogP contribution in [0.5, 0.6) is 0 Å². The summed E-state index contributed by atoms with van der Waals surface area (Å²) in [5, 5.41) is 10.6. The van der Waals surface area contributed by atoms with Crippen LogP contribution in [0.15, 0.2) is 0 Å². The van der Waals surface area contributed by atoms with E-state index in [4.69, 9.17) is 0 Å². The highest BCUT2D eigenvalue weighted by Gasteiger charge is 2.33. The summed E-state index contributed by atoms with van der Waals surface area (Å²) in [6.45, 7) is 11.5. The van der Waals surface area contributed by atoms with Gasteiger partial charge in [0.05, 0.1) is 11.7 Å². The van der Waals surface area contributed by atoms with Gasteiger partial charge in [0.15, 0.2) is 0 Å². The molecule has 2 aliphatic heterocycles.